The first kappa shape index (κ1) is 16.7. The van der Waals surface area contributed by atoms with Crippen molar-refractivity contribution >= 4 is 27.6 Å². The summed E-state index contributed by atoms with van der Waals surface area (Å²) in [5.74, 6) is 0. The van der Waals surface area contributed by atoms with Crippen LogP contribution in [0.5, 0.6) is 0 Å². The molecule has 1 heterocycles. The van der Waals surface area contributed by atoms with E-state index in [-0.39, 0.29) is 12.1 Å². The molecular formula is C16H23N3O2S. The van der Waals surface area contributed by atoms with Gasteiger partial charge in [-0.15, -0.1) is 11.3 Å². The van der Waals surface area contributed by atoms with Crippen LogP contribution in [-0.4, -0.2) is 43.2 Å². The third-order valence-corrected chi connectivity index (χ3v) is 4.83. The lowest BCUT2D eigenvalue weighted by Crippen LogP contribution is -2.39. The molecular weight excluding hydrogens is 298 g/mol. The number of nitrogens with one attached hydrogen (secondary N) is 1. The fourth-order valence-electron chi connectivity index (χ4n) is 2.10. The Morgan fingerprint density at radius 3 is 2.91 bits per heavy atom. The minimum absolute atomic E-state index is 0.0450. The van der Waals surface area contributed by atoms with Gasteiger partial charge in [0, 0.05) is 27.3 Å². The maximum absolute atomic E-state index is 12.2. The van der Waals surface area contributed by atoms with E-state index in [0.29, 0.717) is 6.54 Å². The van der Waals surface area contributed by atoms with Crippen LogP contribution in [0.25, 0.3) is 10.2 Å². The number of benzene rings is 1. The molecule has 0 bridgehead atoms. The average Bonchev–Trinajstić information content (AvgIpc) is 2.97. The molecule has 1 unspecified atom stereocenters. The van der Waals surface area contributed by atoms with Crippen LogP contribution in [0, 0.1) is 0 Å². The summed E-state index contributed by atoms with van der Waals surface area (Å²) in [5.41, 5.74) is 0.989. The van der Waals surface area contributed by atoms with Gasteiger partial charge in [0.1, 0.15) is 5.01 Å². The number of carbonyl (C=O) groups is 1. The highest BCUT2D eigenvalue weighted by atomic mass is 32.1. The van der Waals surface area contributed by atoms with Gasteiger partial charge in [0.15, 0.2) is 0 Å². The second-order valence-corrected chi connectivity index (χ2v) is 6.30. The van der Waals surface area contributed by atoms with Crippen molar-refractivity contribution in [1.29, 1.82) is 0 Å². The van der Waals surface area contributed by atoms with Gasteiger partial charge in [-0.1, -0.05) is 12.1 Å². The molecule has 2 rings (SSSR count). The van der Waals surface area contributed by atoms with E-state index in [0.717, 1.165) is 34.7 Å². The Balaban J connectivity index is 1.90. The predicted molar refractivity (Wildman–Crippen MR) is 90.3 cm³/mol. The first-order valence-electron chi connectivity index (χ1n) is 7.48. The van der Waals surface area contributed by atoms with E-state index in [2.05, 4.69) is 16.4 Å². The molecule has 120 valence electrons. The van der Waals surface area contributed by atoms with Crippen LogP contribution >= 0.6 is 11.3 Å². The lowest BCUT2D eigenvalue weighted by Gasteiger charge is -2.23. The summed E-state index contributed by atoms with van der Waals surface area (Å²) in [6.07, 6.45) is 1.87. The second kappa shape index (κ2) is 8.10. The van der Waals surface area contributed by atoms with Crippen LogP contribution in [0.2, 0.25) is 0 Å². The molecule has 0 radical (unpaired) electrons. The first-order chi connectivity index (χ1) is 10.6. The lowest BCUT2D eigenvalue weighted by atomic mass is 10.3. The Morgan fingerprint density at radius 1 is 1.41 bits per heavy atom. The van der Waals surface area contributed by atoms with Gasteiger partial charge >= 0.3 is 6.03 Å². The van der Waals surface area contributed by atoms with Gasteiger partial charge in [-0.25, -0.2) is 9.78 Å². The van der Waals surface area contributed by atoms with Gasteiger partial charge in [-0.3, -0.25) is 0 Å². The molecule has 5 nitrogen and oxygen atoms in total. The number of ether oxygens (including phenoxy) is 1. The van der Waals surface area contributed by atoms with Gasteiger partial charge in [-0.05, 0) is 31.9 Å². The van der Waals surface area contributed by atoms with E-state index in [1.165, 1.54) is 0 Å². The quantitative estimate of drug-likeness (QED) is 0.795. The van der Waals surface area contributed by atoms with E-state index in [4.69, 9.17) is 4.74 Å². The van der Waals surface area contributed by atoms with E-state index >= 15 is 0 Å². The number of amides is 2. The van der Waals surface area contributed by atoms with Crippen molar-refractivity contribution in [3.8, 4) is 0 Å². The smallest absolute Gasteiger partial charge is 0.317 e. The zero-order chi connectivity index (χ0) is 15.9. The molecule has 1 N–H and O–H groups in total. The molecule has 2 aromatic rings. The topological polar surface area (TPSA) is 54.5 Å². The van der Waals surface area contributed by atoms with Gasteiger partial charge in [0.25, 0.3) is 0 Å². The predicted octanol–water partition coefficient (Wildman–Crippen LogP) is 3.43. The minimum Gasteiger partial charge on any atom is -0.385 e. The third-order valence-electron chi connectivity index (χ3n) is 3.62. The summed E-state index contributed by atoms with van der Waals surface area (Å²) >= 11 is 1.64. The molecule has 6 heteroatoms. The molecule has 0 saturated carbocycles. The second-order valence-electron chi connectivity index (χ2n) is 5.24. The Bertz CT molecular complexity index is 581. The first-order valence-corrected chi connectivity index (χ1v) is 8.30. The van der Waals surface area contributed by atoms with Gasteiger partial charge < -0.3 is 15.0 Å². The average molecular weight is 321 g/mol. The maximum Gasteiger partial charge on any atom is 0.317 e. The van der Waals surface area contributed by atoms with Crippen LogP contribution in [0.4, 0.5) is 4.79 Å². The van der Waals surface area contributed by atoms with Crippen molar-refractivity contribution < 1.29 is 9.53 Å². The number of hydrogen-bond acceptors (Lipinski definition) is 4. The van der Waals surface area contributed by atoms with Crippen molar-refractivity contribution in [2.24, 2.45) is 0 Å². The van der Waals surface area contributed by atoms with Crippen molar-refractivity contribution in [2.75, 3.05) is 27.3 Å². The molecule has 0 aliphatic heterocycles. The highest BCUT2D eigenvalue weighted by Crippen LogP contribution is 2.28. The fourth-order valence-corrected chi connectivity index (χ4v) is 3.16. The zero-order valence-electron chi connectivity index (χ0n) is 13.3. The van der Waals surface area contributed by atoms with Gasteiger partial charge in [0.05, 0.1) is 16.3 Å². The van der Waals surface area contributed by atoms with E-state index in [9.17, 15) is 4.79 Å². The summed E-state index contributed by atoms with van der Waals surface area (Å²) in [7, 11) is 3.49. The summed E-state index contributed by atoms with van der Waals surface area (Å²) < 4.78 is 6.14. The number of nitrogens with zero attached hydrogens (tertiary/aromatic N) is 2. The Morgan fingerprint density at radius 2 is 2.18 bits per heavy atom. The number of urea groups is 1. The van der Waals surface area contributed by atoms with E-state index in [1.807, 2.05) is 25.1 Å². The van der Waals surface area contributed by atoms with Gasteiger partial charge in [-0.2, -0.15) is 0 Å². The summed E-state index contributed by atoms with van der Waals surface area (Å²) in [6, 6.07) is 7.93. The standard InChI is InChI=1S/C16H23N3O2S/c1-12(15-18-13-8-4-5-9-14(13)22-15)19(2)16(20)17-10-6-7-11-21-3/h4-5,8-9,12H,6-7,10-11H2,1-3H3,(H,17,20). The number of carbonyl (C=O) groups excluding carboxylic acids is 1. The molecule has 0 fully saturated rings. The maximum atomic E-state index is 12.2. The Hall–Kier alpha value is -1.66. The monoisotopic (exact) mass is 321 g/mol. The van der Waals surface area contributed by atoms with Crippen molar-refractivity contribution in [3.63, 3.8) is 0 Å². The van der Waals surface area contributed by atoms with Crippen LogP contribution in [0.3, 0.4) is 0 Å². The highest BCUT2D eigenvalue weighted by molar-refractivity contribution is 7.18. The SMILES string of the molecule is COCCCCNC(=O)N(C)C(C)c1nc2ccccc2s1. The summed E-state index contributed by atoms with van der Waals surface area (Å²) in [5, 5.41) is 3.89. The number of para-hydroxylation sites is 1. The molecule has 1 atom stereocenters. The molecule has 1 aromatic heterocycles. The normalized spacial score (nSPS) is 12.3. The van der Waals surface area contributed by atoms with Crippen molar-refractivity contribution in [2.45, 2.75) is 25.8 Å². The van der Waals surface area contributed by atoms with E-state index in [1.54, 1.807) is 30.4 Å². The Kier molecular flexibility index (Phi) is 6.15. The highest BCUT2D eigenvalue weighted by Gasteiger charge is 2.20. The molecule has 1 aromatic carbocycles. The molecule has 22 heavy (non-hydrogen) atoms. The van der Waals surface area contributed by atoms with Crippen LogP contribution in [0.15, 0.2) is 24.3 Å². The van der Waals surface area contributed by atoms with Crippen LogP contribution in [-0.2, 0) is 4.74 Å². The van der Waals surface area contributed by atoms with Crippen LogP contribution < -0.4 is 5.32 Å². The van der Waals surface area contributed by atoms with E-state index < -0.39 is 0 Å². The Labute approximate surface area is 135 Å². The molecule has 0 spiro atoms. The molecule has 0 aliphatic rings. The van der Waals surface area contributed by atoms with Crippen LogP contribution in [0.1, 0.15) is 30.8 Å². The minimum atomic E-state index is -0.0656. The molecule has 2 amide bonds. The summed E-state index contributed by atoms with van der Waals surface area (Å²) in [4.78, 5) is 18.5. The molecule has 0 aliphatic carbocycles. The van der Waals surface area contributed by atoms with Crippen molar-refractivity contribution in [1.82, 2.24) is 15.2 Å². The summed E-state index contributed by atoms with van der Waals surface area (Å²) in [6.45, 7) is 3.40. The number of aromatic nitrogens is 1. The third kappa shape index (κ3) is 4.18. The number of unbranched alkanes of at least 4 members (excludes halogenated alkanes) is 1. The largest absolute Gasteiger partial charge is 0.385 e. The number of fused-ring (bicyclic) bond motifs is 1. The van der Waals surface area contributed by atoms with Gasteiger partial charge in [0.2, 0.25) is 0 Å². The molecule has 0 saturated heterocycles. The number of methoxy groups -OCH3 is 1. The number of hydrogen-bond donors (Lipinski definition) is 1. The fraction of sp³-hybridized carbons (Fsp3) is 0.500. The lowest BCUT2D eigenvalue weighted by molar-refractivity contribution is 0.186. The number of thiazole rings is 1. The van der Waals surface area contributed by atoms with Crippen molar-refractivity contribution in [3.05, 3.63) is 29.3 Å². The zero-order valence-corrected chi connectivity index (χ0v) is 14.2. The number of rotatable bonds is 7.